The molecule has 1 aromatic carbocycles. The topological polar surface area (TPSA) is 29.3 Å². The molecule has 0 aliphatic rings. The Morgan fingerprint density at radius 1 is 1.16 bits per heavy atom. The zero-order valence-corrected chi connectivity index (χ0v) is 10.1. The minimum absolute atomic E-state index is 0.499. The van der Waals surface area contributed by atoms with E-state index in [-0.39, 0.29) is 0 Å². The summed E-state index contributed by atoms with van der Waals surface area (Å²) in [5.74, 6) is 0. The van der Waals surface area contributed by atoms with Crippen molar-refractivity contribution in [3.05, 3.63) is 53.9 Å². The van der Waals surface area contributed by atoms with Crippen LogP contribution in [0.15, 0.2) is 47.7 Å². The Balaban J connectivity index is 2.01. The molecule has 19 heavy (non-hydrogen) atoms. The highest BCUT2D eigenvalue weighted by molar-refractivity contribution is 5.78. The number of alkyl halides is 3. The number of rotatable bonds is 3. The molecule has 2 aromatic rings. The van der Waals surface area contributed by atoms with Gasteiger partial charge in [0.2, 0.25) is 0 Å². The number of hydrogen-bond acceptors (Lipinski definition) is 2. The van der Waals surface area contributed by atoms with E-state index in [1.165, 1.54) is 12.1 Å². The maximum absolute atomic E-state index is 12.3. The van der Waals surface area contributed by atoms with E-state index in [4.69, 9.17) is 0 Å². The van der Waals surface area contributed by atoms with Gasteiger partial charge in [-0.3, -0.25) is 5.43 Å². The number of aryl methyl sites for hydroxylation is 1. The van der Waals surface area contributed by atoms with E-state index >= 15 is 0 Å². The Labute approximate surface area is 108 Å². The van der Waals surface area contributed by atoms with Crippen LogP contribution in [0.5, 0.6) is 0 Å². The molecule has 0 atom stereocenters. The molecule has 6 heteroatoms. The lowest BCUT2D eigenvalue weighted by Gasteiger charge is -2.07. The summed E-state index contributed by atoms with van der Waals surface area (Å²) in [5, 5.41) is 3.96. The molecular weight excluding hydrogens is 255 g/mol. The number of nitrogens with one attached hydrogen (secondary N) is 1. The first-order valence-corrected chi connectivity index (χ1v) is 5.54. The summed E-state index contributed by atoms with van der Waals surface area (Å²) in [6, 6.07) is 8.45. The van der Waals surface area contributed by atoms with E-state index in [1.54, 1.807) is 6.21 Å². The van der Waals surface area contributed by atoms with Crippen molar-refractivity contribution in [3.8, 4) is 0 Å². The van der Waals surface area contributed by atoms with Gasteiger partial charge in [-0.25, -0.2) is 0 Å². The predicted octanol–water partition coefficient (Wildman–Crippen LogP) is 3.49. The quantitative estimate of drug-likeness (QED) is 0.669. The molecule has 3 nitrogen and oxygen atoms in total. The fraction of sp³-hybridized carbons (Fsp3) is 0.154. The van der Waals surface area contributed by atoms with Gasteiger partial charge in [0.25, 0.3) is 0 Å². The Hall–Kier alpha value is -2.24. The van der Waals surface area contributed by atoms with E-state index < -0.39 is 11.7 Å². The van der Waals surface area contributed by atoms with Crippen molar-refractivity contribution in [2.45, 2.75) is 6.18 Å². The fourth-order valence-electron chi connectivity index (χ4n) is 1.52. The Bertz CT molecular complexity index is 568. The van der Waals surface area contributed by atoms with Crippen molar-refractivity contribution in [1.82, 2.24) is 4.57 Å². The SMILES string of the molecule is Cn1cccc1/C=N/Nc1ccc(C(F)(F)F)cc1. The monoisotopic (exact) mass is 267 g/mol. The number of nitrogens with zero attached hydrogens (tertiary/aromatic N) is 2. The summed E-state index contributed by atoms with van der Waals surface area (Å²) in [4.78, 5) is 0. The molecule has 0 spiro atoms. The van der Waals surface area contributed by atoms with Gasteiger partial charge in [0.15, 0.2) is 0 Å². The van der Waals surface area contributed by atoms with Gasteiger partial charge < -0.3 is 4.57 Å². The highest BCUT2D eigenvalue weighted by Gasteiger charge is 2.29. The summed E-state index contributed by atoms with van der Waals surface area (Å²) < 4.78 is 38.9. The van der Waals surface area contributed by atoms with Crippen LogP contribution in [0.3, 0.4) is 0 Å². The lowest BCUT2D eigenvalue weighted by atomic mass is 10.2. The van der Waals surface area contributed by atoms with Crippen LogP contribution in [0.25, 0.3) is 0 Å². The van der Waals surface area contributed by atoms with E-state index in [0.717, 1.165) is 17.8 Å². The number of hydrazone groups is 1. The van der Waals surface area contributed by atoms with E-state index in [1.807, 2.05) is 29.9 Å². The maximum atomic E-state index is 12.3. The van der Waals surface area contributed by atoms with E-state index in [0.29, 0.717) is 5.69 Å². The van der Waals surface area contributed by atoms with Crippen LogP contribution in [0.2, 0.25) is 0 Å². The lowest BCUT2D eigenvalue weighted by molar-refractivity contribution is -0.137. The first-order chi connectivity index (χ1) is 8.97. The molecule has 0 bridgehead atoms. The summed E-state index contributed by atoms with van der Waals surface area (Å²) in [6.45, 7) is 0. The van der Waals surface area contributed by atoms with Gasteiger partial charge >= 0.3 is 6.18 Å². The van der Waals surface area contributed by atoms with Crippen molar-refractivity contribution in [3.63, 3.8) is 0 Å². The summed E-state index contributed by atoms with van der Waals surface area (Å²) >= 11 is 0. The molecule has 0 saturated carbocycles. The molecule has 0 amide bonds. The van der Waals surface area contributed by atoms with Crippen LogP contribution in [-0.2, 0) is 13.2 Å². The van der Waals surface area contributed by atoms with Gasteiger partial charge in [-0.15, -0.1) is 0 Å². The third-order valence-electron chi connectivity index (χ3n) is 2.59. The molecule has 0 unspecified atom stereocenters. The minimum Gasteiger partial charge on any atom is -0.350 e. The largest absolute Gasteiger partial charge is 0.416 e. The Morgan fingerprint density at radius 3 is 2.37 bits per heavy atom. The van der Waals surface area contributed by atoms with Crippen LogP contribution in [0.1, 0.15) is 11.3 Å². The summed E-state index contributed by atoms with van der Waals surface area (Å²) in [7, 11) is 1.87. The zero-order valence-electron chi connectivity index (χ0n) is 10.1. The number of halogens is 3. The van der Waals surface area contributed by atoms with Gasteiger partial charge in [-0.1, -0.05) is 0 Å². The molecule has 1 N–H and O–H groups in total. The second-order valence-electron chi connectivity index (χ2n) is 3.99. The third kappa shape index (κ3) is 3.37. The smallest absolute Gasteiger partial charge is 0.350 e. The summed E-state index contributed by atoms with van der Waals surface area (Å²) in [6.07, 6.45) is -0.845. The molecule has 1 heterocycles. The highest BCUT2D eigenvalue weighted by Crippen LogP contribution is 2.29. The van der Waals surface area contributed by atoms with Crippen LogP contribution < -0.4 is 5.43 Å². The van der Waals surface area contributed by atoms with Gasteiger partial charge in [0, 0.05) is 13.2 Å². The molecule has 2 rings (SSSR count). The molecule has 0 fully saturated rings. The fourth-order valence-corrected chi connectivity index (χ4v) is 1.52. The Kier molecular flexibility index (Phi) is 3.59. The molecule has 0 saturated heterocycles. The zero-order chi connectivity index (χ0) is 13.9. The molecule has 0 aliphatic carbocycles. The second-order valence-corrected chi connectivity index (χ2v) is 3.99. The van der Waals surface area contributed by atoms with Crippen LogP contribution in [0.4, 0.5) is 18.9 Å². The number of anilines is 1. The standard InChI is InChI=1S/C13H12F3N3/c1-19-8-2-3-12(19)9-17-18-11-6-4-10(5-7-11)13(14,15)16/h2-9,18H,1H3/b17-9+. The van der Waals surface area contributed by atoms with Crippen LogP contribution in [-0.4, -0.2) is 10.8 Å². The van der Waals surface area contributed by atoms with Crippen molar-refractivity contribution in [1.29, 1.82) is 0 Å². The molecule has 0 radical (unpaired) electrons. The average molecular weight is 267 g/mol. The van der Waals surface area contributed by atoms with E-state index in [2.05, 4.69) is 10.5 Å². The van der Waals surface area contributed by atoms with Crippen LogP contribution in [0, 0.1) is 0 Å². The van der Waals surface area contributed by atoms with Crippen LogP contribution >= 0.6 is 0 Å². The molecular formula is C13H12F3N3. The van der Waals surface area contributed by atoms with Gasteiger partial charge in [0.1, 0.15) is 0 Å². The highest BCUT2D eigenvalue weighted by atomic mass is 19.4. The van der Waals surface area contributed by atoms with Crippen molar-refractivity contribution in [2.75, 3.05) is 5.43 Å². The maximum Gasteiger partial charge on any atom is 0.416 e. The molecule has 100 valence electrons. The average Bonchev–Trinajstić information content (AvgIpc) is 2.75. The Morgan fingerprint density at radius 2 is 1.84 bits per heavy atom. The molecule has 0 aliphatic heterocycles. The third-order valence-corrected chi connectivity index (χ3v) is 2.59. The number of aromatic nitrogens is 1. The van der Waals surface area contributed by atoms with E-state index in [9.17, 15) is 13.2 Å². The predicted molar refractivity (Wildman–Crippen MR) is 68.1 cm³/mol. The minimum atomic E-state index is -4.31. The normalized spacial score (nSPS) is 12.0. The van der Waals surface area contributed by atoms with Gasteiger partial charge in [-0.2, -0.15) is 18.3 Å². The van der Waals surface area contributed by atoms with Gasteiger partial charge in [0.05, 0.1) is 23.2 Å². The first-order valence-electron chi connectivity index (χ1n) is 5.54. The van der Waals surface area contributed by atoms with Crippen molar-refractivity contribution in [2.24, 2.45) is 12.1 Å². The number of benzene rings is 1. The van der Waals surface area contributed by atoms with Crippen molar-refractivity contribution < 1.29 is 13.2 Å². The van der Waals surface area contributed by atoms with Crippen molar-refractivity contribution >= 4 is 11.9 Å². The first kappa shape index (κ1) is 13.2. The molecule has 1 aromatic heterocycles. The lowest BCUT2D eigenvalue weighted by Crippen LogP contribution is -2.04. The number of hydrogen-bond donors (Lipinski definition) is 1. The second kappa shape index (κ2) is 5.17. The summed E-state index contributed by atoms with van der Waals surface area (Å²) in [5.41, 5.74) is 3.39. The van der Waals surface area contributed by atoms with Gasteiger partial charge in [-0.05, 0) is 36.4 Å².